The summed E-state index contributed by atoms with van der Waals surface area (Å²) in [7, 11) is 2.03. The number of halogens is 1. The summed E-state index contributed by atoms with van der Waals surface area (Å²) in [5.74, 6) is 0. The van der Waals surface area contributed by atoms with Gasteiger partial charge in [-0.1, -0.05) is 29.8 Å². The van der Waals surface area contributed by atoms with E-state index in [9.17, 15) is 0 Å². The molecule has 0 heterocycles. The summed E-state index contributed by atoms with van der Waals surface area (Å²) in [5.41, 5.74) is 11.1. The number of anilines is 3. The number of nitrogens with two attached hydrogens (primary N) is 1. The third kappa shape index (κ3) is 2.29. The largest absolute Gasteiger partial charge is 0.398 e. The van der Waals surface area contributed by atoms with Crippen molar-refractivity contribution in [2.75, 3.05) is 17.7 Å². The van der Waals surface area contributed by atoms with Gasteiger partial charge < -0.3 is 10.6 Å². The number of benzene rings is 2. The van der Waals surface area contributed by atoms with Crippen molar-refractivity contribution in [3.63, 3.8) is 0 Å². The van der Waals surface area contributed by atoms with E-state index in [0.717, 1.165) is 22.6 Å². The first-order valence-corrected chi connectivity index (χ1v) is 6.23. The smallest absolute Gasteiger partial charge is 0.0473 e. The van der Waals surface area contributed by atoms with Crippen LogP contribution >= 0.6 is 11.6 Å². The predicted molar refractivity (Wildman–Crippen MR) is 79.8 cm³/mol. The van der Waals surface area contributed by atoms with Gasteiger partial charge in [0.05, 0.1) is 0 Å². The lowest BCUT2D eigenvalue weighted by atomic mass is 10.1. The van der Waals surface area contributed by atoms with Crippen LogP contribution in [-0.4, -0.2) is 7.05 Å². The van der Waals surface area contributed by atoms with E-state index < -0.39 is 0 Å². The van der Waals surface area contributed by atoms with E-state index in [1.54, 1.807) is 6.07 Å². The lowest BCUT2D eigenvalue weighted by Gasteiger charge is -2.24. The molecule has 2 aromatic rings. The van der Waals surface area contributed by atoms with Crippen LogP contribution in [0.1, 0.15) is 11.1 Å². The molecule has 0 aromatic heterocycles. The van der Waals surface area contributed by atoms with Crippen LogP contribution in [0.4, 0.5) is 17.1 Å². The maximum absolute atomic E-state index is 6.09. The molecule has 3 heteroatoms. The zero-order chi connectivity index (χ0) is 13.3. The van der Waals surface area contributed by atoms with Crippen molar-refractivity contribution in [3.05, 3.63) is 52.5 Å². The summed E-state index contributed by atoms with van der Waals surface area (Å²) in [6, 6.07) is 12.0. The van der Waals surface area contributed by atoms with Gasteiger partial charge in [0.2, 0.25) is 0 Å². The summed E-state index contributed by atoms with van der Waals surface area (Å²) in [6.45, 7) is 4.10. The first-order chi connectivity index (χ1) is 8.50. The van der Waals surface area contributed by atoms with Crippen molar-refractivity contribution in [3.8, 4) is 0 Å². The highest BCUT2D eigenvalue weighted by atomic mass is 35.5. The minimum Gasteiger partial charge on any atom is -0.398 e. The lowest BCUT2D eigenvalue weighted by molar-refractivity contribution is 1.17. The molecule has 2 rings (SSSR count). The third-order valence-electron chi connectivity index (χ3n) is 3.22. The Balaban J connectivity index is 2.53. The monoisotopic (exact) mass is 260 g/mol. The van der Waals surface area contributed by atoms with Gasteiger partial charge >= 0.3 is 0 Å². The topological polar surface area (TPSA) is 29.3 Å². The number of para-hydroxylation sites is 1. The van der Waals surface area contributed by atoms with Crippen LogP contribution < -0.4 is 10.6 Å². The molecule has 0 fully saturated rings. The van der Waals surface area contributed by atoms with Gasteiger partial charge in [-0.2, -0.15) is 0 Å². The molecule has 94 valence electrons. The number of nitrogen functional groups attached to an aromatic ring is 1. The summed E-state index contributed by atoms with van der Waals surface area (Å²) in [6.07, 6.45) is 0. The van der Waals surface area contributed by atoms with Crippen LogP contribution in [0, 0.1) is 13.8 Å². The van der Waals surface area contributed by atoms with Gasteiger partial charge in [-0.25, -0.2) is 0 Å². The number of nitrogens with zero attached hydrogens (tertiary/aromatic N) is 1. The van der Waals surface area contributed by atoms with E-state index in [2.05, 4.69) is 24.0 Å². The molecule has 0 aliphatic carbocycles. The molecular formula is C15H17ClN2. The number of hydrogen-bond acceptors (Lipinski definition) is 2. The molecule has 18 heavy (non-hydrogen) atoms. The van der Waals surface area contributed by atoms with Gasteiger partial charge in [-0.15, -0.1) is 0 Å². The number of hydrogen-bond donors (Lipinski definition) is 1. The molecule has 0 amide bonds. The first kappa shape index (κ1) is 12.8. The molecule has 0 saturated heterocycles. The first-order valence-electron chi connectivity index (χ1n) is 5.85. The van der Waals surface area contributed by atoms with Crippen LogP contribution in [0.3, 0.4) is 0 Å². The van der Waals surface area contributed by atoms with Gasteiger partial charge in [0, 0.05) is 29.1 Å². The van der Waals surface area contributed by atoms with Gasteiger partial charge in [0.25, 0.3) is 0 Å². The molecule has 0 bridgehead atoms. The van der Waals surface area contributed by atoms with Crippen LogP contribution in [0.25, 0.3) is 0 Å². The van der Waals surface area contributed by atoms with Crippen molar-refractivity contribution >= 4 is 28.7 Å². The molecule has 0 saturated carbocycles. The van der Waals surface area contributed by atoms with Crippen molar-refractivity contribution in [1.82, 2.24) is 0 Å². The molecule has 0 aliphatic rings. The lowest BCUT2D eigenvalue weighted by Crippen LogP contribution is -2.13. The maximum atomic E-state index is 6.09. The SMILES string of the molecule is Cc1ccccc1N(C)c1cc(Cl)cc(N)c1C. The van der Waals surface area contributed by atoms with Gasteiger partial charge in [-0.3, -0.25) is 0 Å². The van der Waals surface area contributed by atoms with Crippen molar-refractivity contribution in [2.45, 2.75) is 13.8 Å². The Labute approximate surface area is 113 Å². The normalized spacial score (nSPS) is 10.4. The molecule has 0 aliphatic heterocycles. The zero-order valence-corrected chi connectivity index (χ0v) is 11.6. The van der Waals surface area contributed by atoms with Crippen molar-refractivity contribution < 1.29 is 0 Å². The van der Waals surface area contributed by atoms with Gasteiger partial charge in [0.15, 0.2) is 0 Å². The Bertz CT molecular complexity index is 579. The second kappa shape index (κ2) is 4.91. The molecular weight excluding hydrogens is 244 g/mol. The second-order valence-corrected chi connectivity index (χ2v) is 4.92. The van der Waals surface area contributed by atoms with Gasteiger partial charge in [0.1, 0.15) is 0 Å². The molecule has 2 N–H and O–H groups in total. The zero-order valence-electron chi connectivity index (χ0n) is 10.9. The van der Waals surface area contributed by atoms with E-state index in [-0.39, 0.29) is 0 Å². The summed E-state index contributed by atoms with van der Waals surface area (Å²) < 4.78 is 0. The Morgan fingerprint density at radius 3 is 2.39 bits per heavy atom. The summed E-state index contributed by atoms with van der Waals surface area (Å²) in [5, 5.41) is 0.661. The highest BCUT2D eigenvalue weighted by Gasteiger charge is 2.11. The summed E-state index contributed by atoms with van der Waals surface area (Å²) >= 11 is 6.09. The molecule has 0 radical (unpaired) electrons. The minimum atomic E-state index is 0.661. The number of aryl methyl sites for hydroxylation is 1. The van der Waals surface area contributed by atoms with Crippen molar-refractivity contribution in [2.24, 2.45) is 0 Å². The van der Waals surface area contributed by atoms with Crippen molar-refractivity contribution in [1.29, 1.82) is 0 Å². The average Bonchev–Trinajstić information content (AvgIpc) is 2.33. The molecule has 0 spiro atoms. The van der Waals surface area contributed by atoms with Gasteiger partial charge in [-0.05, 0) is 43.2 Å². The molecule has 2 aromatic carbocycles. The van der Waals surface area contributed by atoms with E-state index >= 15 is 0 Å². The average molecular weight is 261 g/mol. The van der Waals surface area contributed by atoms with E-state index in [1.807, 2.05) is 32.2 Å². The molecule has 0 atom stereocenters. The molecule has 0 unspecified atom stereocenters. The van der Waals surface area contributed by atoms with Crippen LogP contribution in [0.5, 0.6) is 0 Å². The fraction of sp³-hybridized carbons (Fsp3) is 0.200. The highest BCUT2D eigenvalue weighted by Crippen LogP contribution is 2.34. The fourth-order valence-electron chi connectivity index (χ4n) is 2.10. The minimum absolute atomic E-state index is 0.661. The van der Waals surface area contributed by atoms with Crippen LogP contribution in [-0.2, 0) is 0 Å². The quantitative estimate of drug-likeness (QED) is 0.816. The van der Waals surface area contributed by atoms with E-state index in [1.165, 1.54) is 5.56 Å². The third-order valence-corrected chi connectivity index (χ3v) is 3.44. The second-order valence-electron chi connectivity index (χ2n) is 4.48. The standard InChI is InChI=1S/C15H17ClN2/c1-10-6-4-5-7-14(10)18(3)15-9-12(16)8-13(17)11(15)2/h4-9H,17H2,1-3H3. The number of rotatable bonds is 2. The Kier molecular flexibility index (Phi) is 3.48. The highest BCUT2D eigenvalue weighted by molar-refractivity contribution is 6.31. The fourth-order valence-corrected chi connectivity index (χ4v) is 2.32. The Hall–Kier alpha value is -1.67. The maximum Gasteiger partial charge on any atom is 0.0473 e. The van der Waals surface area contributed by atoms with Crippen LogP contribution in [0.15, 0.2) is 36.4 Å². The predicted octanol–water partition coefficient (Wildman–Crippen LogP) is 4.31. The van der Waals surface area contributed by atoms with E-state index in [4.69, 9.17) is 17.3 Å². The Morgan fingerprint density at radius 2 is 1.72 bits per heavy atom. The molecule has 2 nitrogen and oxygen atoms in total. The van der Waals surface area contributed by atoms with Crippen LogP contribution in [0.2, 0.25) is 5.02 Å². The van der Waals surface area contributed by atoms with E-state index in [0.29, 0.717) is 5.02 Å². The Morgan fingerprint density at radius 1 is 1.06 bits per heavy atom. The summed E-state index contributed by atoms with van der Waals surface area (Å²) in [4.78, 5) is 2.12.